The summed E-state index contributed by atoms with van der Waals surface area (Å²) in [6.07, 6.45) is 0.465. The number of benzene rings is 2. The number of rotatable bonds is 7. The molecule has 1 atom stereocenters. The van der Waals surface area contributed by atoms with Gasteiger partial charge >= 0.3 is 0 Å². The molecule has 1 heterocycles. The maximum absolute atomic E-state index is 13.2. The second-order valence-electron chi connectivity index (χ2n) is 8.66. The molecule has 2 aromatic rings. The van der Waals surface area contributed by atoms with Crippen molar-refractivity contribution in [1.82, 2.24) is 4.90 Å². The SMILES string of the molecule is Cc1cc(C)c(OCC(=O)N(Cc2ccc(N(C)C)cc2)[C@H]2CCS(=O)(=O)C2)c(C)c1. The van der Waals surface area contributed by atoms with Crippen LogP contribution in [0.15, 0.2) is 36.4 Å². The van der Waals surface area contributed by atoms with Gasteiger partial charge in [0, 0.05) is 32.4 Å². The fourth-order valence-corrected chi connectivity index (χ4v) is 5.88. The second-order valence-corrected chi connectivity index (χ2v) is 10.9. The van der Waals surface area contributed by atoms with Crippen LogP contribution in [0.1, 0.15) is 28.7 Å². The molecule has 1 fully saturated rings. The summed E-state index contributed by atoms with van der Waals surface area (Å²) < 4.78 is 30.0. The Hall–Kier alpha value is -2.54. The Labute approximate surface area is 185 Å². The summed E-state index contributed by atoms with van der Waals surface area (Å²) in [6.45, 7) is 6.21. The van der Waals surface area contributed by atoms with E-state index in [9.17, 15) is 13.2 Å². The first kappa shape index (κ1) is 23.1. The molecule has 3 rings (SSSR count). The van der Waals surface area contributed by atoms with Gasteiger partial charge in [0.2, 0.25) is 0 Å². The third kappa shape index (κ3) is 5.79. The summed E-state index contributed by atoms with van der Waals surface area (Å²) >= 11 is 0. The van der Waals surface area contributed by atoms with E-state index in [1.54, 1.807) is 4.90 Å². The zero-order chi connectivity index (χ0) is 22.8. The molecule has 1 saturated heterocycles. The topological polar surface area (TPSA) is 66.9 Å². The average molecular weight is 445 g/mol. The van der Waals surface area contributed by atoms with E-state index < -0.39 is 9.84 Å². The second kappa shape index (κ2) is 9.30. The van der Waals surface area contributed by atoms with E-state index in [-0.39, 0.29) is 30.1 Å². The van der Waals surface area contributed by atoms with Gasteiger partial charge in [0.25, 0.3) is 5.91 Å². The van der Waals surface area contributed by atoms with Crippen LogP contribution >= 0.6 is 0 Å². The van der Waals surface area contributed by atoms with Crippen molar-refractivity contribution < 1.29 is 17.9 Å². The van der Waals surface area contributed by atoms with Gasteiger partial charge in [0.15, 0.2) is 16.4 Å². The molecule has 0 N–H and O–H groups in total. The molecule has 0 bridgehead atoms. The lowest BCUT2D eigenvalue weighted by Crippen LogP contribution is -2.43. The van der Waals surface area contributed by atoms with Crippen molar-refractivity contribution in [3.05, 3.63) is 58.7 Å². The standard InChI is InChI=1S/C24H32N2O4S/c1-17-12-18(2)24(19(3)13-17)30-15-23(27)26(22-10-11-31(28,29)16-22)14-20-6-8-21(9-7-20)25(4)5/h6-9,12-13,22H,10-11,14-16H2,1-5H3/t22-/m0/s1. The molecule has 1 aliphatic rings. The molecule has 1 aliphatic heterocycles. The Balaban J connectivity index is 1.78. The van der Waals surface area contributed by atoms with Crippen LogP contribution in [0.2, 0.25) is 0 Å². The van der Waals surface area contributed by atoms with Gasteiger partial charge in [-0.3, -0.25) is 4.79 Å². The van der Waals surface area contributed by atoms with E-state index in [0.29, 0.717) is 18.7 Å². The summed E-state index contributed by atoms with van der Waals surface area (Å²) in [7, 11) is 0.835. The predicted molar refractivity (Wildman–Crippen MR) is 125 cm³/mol. The molecule has 0 saturated carbocycles. The number of hydrogen-bond donors (Lipinski definition) is 0. The molecular weight excluding hydrogens is 412 g/mol. The van der Waals surface area contributed by atoms with E-state index in [1.165, 1.54) is 0 Å². The third-order valence-electron chi connectivity index (χ3n) is 5.72. The molecule has 31 heavy (non-hydrogen) atoms. The summed E-state index contributed by atoms with van der Waals surface area (Å²) in [4.78, 5) is 16.9. The van der Waals surface area contributed by atoms with E-state index in [1.807, 2.05) is 76.2 Å². The Morgan fingerprint density at radius 3 is 2.19 bits per heavy atom. The van der Waals surface area contributed by atoms with Gasteiger partial charge < -0.3 is 14.5 Å². The summed E-state index contributed by atoms with van der Waals surface area (Å²) in [5, 5.41) is 0. The molecule has 0 spiro atoms. The Bertz CT molecular complexity index is 1020. The fourth-order valence-electron chi connectivity index (χ4n) is 4.15. The minimum Gasteiger partial charge on any atom is -0.483 e. The van der Waals surface area contributed by atoms with Crippen LogP contribution in [-0.2, 0) is 21.2 Å². The van der Waals surface area contributed by atoms with Gasteiger partial charge in [-0.15, -0.1) is 0 Å². The minimum absolute atomic E-state index is 0.0110. The maximum atomic E-state index is 13.2. The number of hydrogen-bond acceptors (Lipinski definition) is 5. The van der Waals surface area contributed by atoms with Gasteiger partial charge in [0.05, 0.1) is 11.5 Å². The highest BCUT2D eigenvalue weighted by Gasteiger charge is 2.35. The molecule has 0 unspecified atom stereocenters. The van der Waals surface area contributed by atoms with Crippen molar-refractivity contribution in [3.8, 4) is 5.75 Å². The number of nitrogens with zero attached hydrogens (tertiary/aromatic N) is 2. The molecule has 2 aromatic carbocycles. The largest absolute Gasteiger partial charge is 0.483 e. The molecule has 1 amide bonds. The Kier molecular flexibility index (Phi) is 6.94. The van der Waals surface area contributed by atoms with Crippen molar-refractivity contribution in [1.29, 1.82) is 0 Å². The summed E-state index contributed by atoms with van der Waals surface area (Å²) in [5.41, 5.74) is 5.15. The fraction of sp³-hybridized carbons (Fsp3) is 0.458. The van der Waals surface area contributed by atoms with Crippen LogP contribution < -0.4 is 9.64 Å². The van der Waals surface area contributed by atoms with Crippen molar-refractivity contribution >= 4 is 21.4 Å². The van der Waals surface area contributed by atoms with Crippen molar-refractivity contribution in [2.24, 2.45) is 0 Å². The van der Waals surface area contributed by atoms with Crippen LogP contribution in [-0.4, -0.2) is 57.5 Å². The van der Waals surface area contributed by atoms with E-state index in [2.05, 4.69) is 0 Å². The molecule has 7 heteroatoms. The van der Waals surface area contributed by atoms with E-state index in [0.717, 1.165) is 27.9 Å². The smallest absolute Gasteiger partial charge is 0.261 e. The number of carbonyl (C=O) groups is 1. The molecule has 6 nitrogen and oxygen atoms in total. The molecule has 0 radical (unpaired) electrons. The van der Waals surface area contributed by atoms with Crippen LogP contribution in [0.5, 0.6) is 5.75 Å². The van der Waals surface area contributed by atoms with Gasteiger partial charge in [-0.1, -0.05) is 29.8 Å². The first-order chi connectivity index (χ1) is 14.6. The zero-order valence-corrected chi connectivity index (χ0v) is 19.8. The molecule has 168 valence electrons. The van der Waals surface area contributed by atoms with Crippen LogP contribution in [0.3, 0.4) is 0 Å². The highest BCUT2D eigenvalue weighted by atomic mass is 32.2. The number of ether oxygens (including phenoxy) is 1. The van der Waals surface area contributed by atoms with E-state index >= 15 is 0 Å². The zero-order valence-electron chi connectivity index (χ0n) is 19.0. The van der Waals surface area contributed by atoms with Crippen molar-refractivity contribution in [3.63, 3.8) is 0 Å². The monoisotopic (exact) mass is 444 g/mol. The highest BCUT2D eigenvalue weighted by molar-refractivity contribution is 7.91. The quantitative estimate of drug-likeness (QED) is 0.656. The first-order valence-electron chi connectivity index (χ1n) is 10.5. The third-order valence-corrected chi connectivity index (χ3v) is 7.47. The highest BCUT2D eigenvalue weighted by Crippen LogP contribution is 2.26. The van der Waals surface area contributed by atoms with Crippen molar-refractivity contribution in [2.75, 3.05) is 37.1 Å². The normalized spacial score (nSPS) is 17.4. The average Bonchev–Trinajstić information content (AvgIpc) is 3.04. The number of sulfone groups is 1. The first-order valence-corrected chi connectivity index (χ1v) is 12.3. The van der Waals surface area contributed by atoms with Crippen LogP contribution in [0.4, 0.5) is 5.69 Å². The molecule has 0 aromatic heterocycles. The molecule has 0 aliphatic carbocycles. The maximum Gasteiger partial charge on any atom is 0.261 e. The van der Waals surface area contributed by atoms with Gasteiger partial charge in [-0.2, -0.15) is 0 Å². The lowest BCUT2D eigenvalue weighted by molar-refractivity contribution is -0.136. The number of anilines is 1. The number of carbonyl (C=O) groups excluding carboxylic acids is 1. The van der Waals surface area contributed by atoms with Crippen LogP contribution in [0, 0.1) is 20.8 Å². The lowest BCUT2D eigenvalue weighted by Gasteiger charge is -2.29. The summed E-state index contributed by atoms with van der Waals surface area (Å²) in [5.74, 6) is 0.654. The minimum atomic E-state index is -3.11. The van der Waals surface area contributed by atoms with Gasteiger partial charge in [-0.05, 0) is 56.0 Å². The van der Waals surface area contributed by atoms with Crippen LogP contribution in [0.25, 0.3) is 0 Å². The molecular formula is C24H32N2O4S. The van der Waals surface area contributed by atoms with Gasteiger partial charge in [0.1, 0.15) is 5.75 Å². The predicted octanol–water partition coefficient (Wildman–Crippen LogP) is 3.27. The summed E-state index contributed by atoms with van der Waals surface area (Å²) in [6, 6.07) is 11.7. The Morgan fingerprint density at radius 2 is 1.68 bits per heavy atom. The lowest BCUT2D eigenvalue weighted by atomic mass is 10.1. The number of amides is 1. The van der Waals surface area contributed by atoms with Gasteiger partial charge in [-0.25, -0.2) is 8.42 Å². The number of aryl methyl sites for hydroxylation is 3. The Morgan fingerprint density at radius 1 is 1.06 bits per heavy atom. The van der Waals surface area contributed by atoms with Crippen molar-refractivity contribution in [2.45, 2.75) is 39.8 Å². The van der Waals surface area contributed by atoms with E-state index in [4.69, 9.17) is 4.74 Å².